The summed E-state index contributed by atoms with van der Waals surface area (Å²) in [5, 5.41) is 3.25. The molecule has 0 aliphatic heterocycles. The van der Waals surface area contributed by atoms with Gasteiger partial charge in [0.2, 0.25) is 5.95 Å². The summed E-state index contributed by atoms with van der Waals surface area (Å²) < 4.78 is 1.89. The molecule has 2 heterocycles. The molecule has 8 nitrogen and oxygen atoms in total. The maximum absolute atomic E-state index is 6.03. The first-order chi connectivity index (χ1) is 13.1. The molecule has 2 aromatic heterocycles. The Hall–Kier alpha value is -3.65. The third-order valence-corrected chi connectivity index (χ3v) is 4.04. The lowest BCUT2D eigenvalue weighted by atomic mass is 10.3. The normalized spacial score (nSPS) is 10.9. The topological polar surface area (TPSA) is 103 Å². The van der Waals surface area contributed by atoms with Crippen molar-refractivity contribution in [3.05, 3.63) is 60.4 Å². The Kier molecular flexibility index (Phi) is 4.31. The number of nitrogens with zero attached hydrogens (tertiary/aromatic N) is 4. The number of nitrogens with one attached hydrogen (secondary N) is 2. The first-order valence-corrected chi connectivity index (χ1v) is 8.39. The highest BCUT2D eigenvalue weighted by Crippen LogP contribution is 2.23. The summed E-state index contributed by atoms with van der Waals surface area (Å²) in [7, 11) is 1.57. The van der Waals surface area contributed by atoms with Gasteiger partial charge in [-0.2, -0.15) is 9.97 Å². The van der Waals surface area contributed by atoms with Gasteiger partial charge in [0.25, 0.3) is 0 Å². The van der Waals surface area contributed by atoms with Crippen LogP contribution in [-0.2, 0) is 4.84 Å². The summed E-state index contributed by atoms with van der Waals surface area (Å²) >= 11 is 0. The summed E-state index contributed by atoms with van der Waals surface area (Å²) in [6, 6.07) is 17.2. The summed E-state index contributed by atoms with van der Waals surface area (Å²) in [6.45, 7) is 1.92. The predicted molar refractivity (Wildman–Crippen MR) is 106 cm³/mol. The van der Waals surface area contributed by atoms with Crippen LogP contribution in [0.1, 0.15) is 5.82 Å². The van der Waals surface area contributed by atoms with E-state index in [9.17, 15) is 0 Å². The summed E-state index contributed by atoms with van der Waals surface area (Å²) in [4.78, 5) is 18.5. The number of para-hydroxylation sites is 2. The van der Waals surface area contributed by atoms with Gasteiger partial charge in [-0.05, 0) is 43.3 Å². The van der Waals surface area contributed by atoms with Crippen molar-refractivity contribution in [1.29, 1.82) is 0 Å². The van der Waals surface area contributed by atoms with Gasteiger partial charge in [0.05, 0.1) is 23.8 Å². The molecule has 0 saturated heterocycles. The third kappa shape index (κ3) is 3.38. The van der Waals surface area contributed by atoms with Gasteiger partial charge in [-0.25, -0.2) is 4.98 Å². The summed E-state index contributed by atoms with van der Waals surface area (Å²) in [6.07, 6.45) is 0. The fourth-order valence-corrected chi connectivity index (χ4v) is 2.90. The minimum atomic E-state index is 0.373. The molecule has 0 aliphatic carbocycles. The van der Waals surface area contributed by atoms with Crippen LogP contribution in [0.5, 0.6) is 0 Å². The van der Waals surface area contributed by atoms with Crippen molar-refractivity contribution in [3.8, 4) is 5.95 Å². The van der Waals surface area contributed by atoms with Crippen LogP contribution in [0.4, 0.5) is 23.0 Å². The van der Waals surface area contributed by atoms with E-state index in [0.717, 1.165) is 28.2 Å². The zero-order valence-corrected chi connectivity index (χ0v) is 15.0. The second-order valence-electron chi connectivity index (χ2n) is 5.97. The number of aromatic nitrogens is 4. The molecule has 0 amide bonds. The van der Waals surface area contributed by atoms with Crippen molar-refractivity contribution in [2.45, 2.75) is 6.92 Å². The molecule has 8 heteroatoms. The van der Waals surface area contributed by atoms with Crippen LogP contribution in [0.15, 0.2) is 54.6 Å². The fourth-order valence-electron chi connectivity index (χ4n) is 2.90. The second kappa shape index (κ2) is 6.93. The predicted octanol–water partition coefficient (Wildman–Crippen LogP) is 3.42. The summed E-state index contributed by atoms with van der Waals surface area (Å²) in [5.41, 5.74) is 12.3. The van der Waals surface area contributed by atoms with Gasteiger partial charge in [-0.15, -0.1) is 0 Å². The minimum absolute atomic E-state index is 0.373. The molecule has 4 aromatic rings. The van der Waals surface area contributed by atoms with Crippen molar-refractivity contribution < 1.29 is 4.84 Å². The van der Waals surface area contributed by atoms with Gasteiger partial charge < -0.3 is 11.1 Å². The number of hydrogen-bond acceptors (Lipinski definition) is 7. The molecule has 4 rings (SSSR count). The highest BCUT2D eigenvalue weighted by Gasteiger charge is 2.13. The Labute approximate surface area is 156 Å². The van der Waals surface area contributed by atoms with E-state index in [1.165, 1.54) is 0 Å². The van der Waals surface area contributed by atoms with Gasteiger partial charge in [-0.3, -0.25) is 14.9 Å². The third-order valence-electron chi connectivity index (χ3n) is 4.04. The Morgan fingerprint density at radius 3 is 2.48 bits per heavy atom. The van der Waals surface area contributed by atoms with Gasteiger partial charge in [0.1, 0.15) is 17.5 Å². The van der Waals surface area contributed by atoms with Crippen molar-refractivity contribution in [2.24, 2.45) is 0 Å². The molecule has 0 saturated carbocycles. The lowest BCUT2D eigenvalue weighted by Crippen LogP contribution is -2.07. The maximum Gasteiger partial charge on any atom is 0.239 e. The molecule has 27 heavy (non-hydrogen) atoms. The number of rotatable bonds is 5. The second-order valence-corrected chi connectivity index (χ2v) is 5.97. The lowest BCUT2D eigenvalue weighted by Gasteiger charge is -2.11. The maximum atomic E-state index is 6.03. The smallest absolute Gasteiger partial charge is 0.239 e. The number of nitrogen functional groups attached to an aromatic ring is 1. The van der Waals surface area contributed by atoms with Gasteiger partial charge >= 0.3 is 0 Å². The number of nitrogens with two attached hydrogens (primary N) is 1. The average molecular weight is 361 g/mol. The molecule has 136 valence electrons. The minimum Gasteiger partial charge on any atom is -0.383 e. The van der Waals surface area contributed by atoms with Gasteiger partial charge in [0.15, 0.2) is 0 Å². The van der Waals surface area contributed by atoms with Crippen molar-refractivity contribution in [1.82, 2.24) is 19.5 Å². The molecule has 0 fully saturated rings. The standard InChI is InChI=1S/C19H19N7O/c1-12-21-15-5-3-4-6-16(15)26(12)19-23-17(20)11-18(24-19)22-13-7-9-14(10-8-13)25-27-2/h3-11,25H,1-2H3,(H3,20,22,23,24). The van der Waals surface area contributed by atoms with Gasteiger partial charge in [0, 0.05) is 11.8 Å². The van der Waals surface area contributed by atoms with Crippen LogP contribution in [0.3, 0.4) is 0 Å². The highest BCUT2D eigenvalue weighted by molar-refractivity contribution is 5.77. The number of anilines is 4. The first kappa shape index (κ1) is 16.8. The van der Waals surface area contributed by atoms with E-state index in [1.54, 1.807) is 13.2 Å². The largest absolute Gasteiger partial charge is 0.383 e. The fraction of sp³-hybridized carbons (Fsp3) is 0.105. The molecule has 0 radical (unpaired) electrons. The van der Waals surface area contributed by atoms with Crippen LogP contribution in [-0.4, -0.2) is 26.6 Å². The molecule has 0 aliphatic rings. The molecule has 0 bridgehead atoms. The van der Waals surface area contributed by atoms with Crippen LogP contribution in [0.2, 0.25) is 0 Å². The molecule has 4 N–H and O–H groups in total. The number of aryl methyl sites for hydroxylation is 1. The monoisotopic (exact) mass is 361 g/mol. The lowest BCUT2D eigenvalue weighted by molar-refractivity contribution is 0.271. The zero-order valence-electron chi connectivity index (χ0n) is 15.0. The quantitative estimate of drug-likeness (QED) is 0.468. The Balaban J connectivity index is 1.70. The Bertz CT molecular complexity index is 1090. The number of imidazole rings is 1. The SMILES string of the molecule is CONc1ccc(Nc2cc(N)nc(-n3c(C)nc4ccccc43)n2)cc1. The van der Waals surface area contributed by atoms with E-state index in [2.05, 4.69) is 25.7 Å². The van der Waals surface area contributed by atoms with Crippen LogP contribution >= 0.6 is 0 Å². The van der Waals surface area contributed by atoms with E-state index in [4.69, 9.17) is 10.6 Å². The summed E-state index contributed by atoms with van der Waals surface area (Å²) in [5.74, 6) is 2.24. The van der Waals surface area contributed by atoms with Crippen molar-refractivity contribution in [3.63, 3.8) is 0 Å². The molecular weight excluding hydrogens is 342 g/mol. The molecule has 2 aromatic carbocycles. The molecule has 0 spiro atoms. The number of benzene rings is 2. The van der Waals surface area contributed by atoms with E-state index >= 15 is 0 Å². The average Bonchev–Trinajstić information content (AvgIpc) is 2.99. The van der Waals surface area contributed by atoms with Crippen molar-refractivity contribution in [2.75, 3.05) is 23.6 Å². The zero-order chi connectivity index (χ0) is 18.8. The number of fused-ring (bicyclic) bond motifs is 1. The number of hydrogen-bond donors (Lipinski definition) is 3. The highest BCUT2D eigenvalue weighted by atomic mass is 16.6. The van der Waals surface area contributed by atoms with Crippen LogP contribution < -0.4 is 16.5 Å². The Morgan fingerprint density at radius 2 is 1.70 bits per heavy atom. The van der Waals surface area contributed by atoms with Crippen LogP contribution in [0, 0.1) is 6.92 Å². The first-order valence-electron chi connectivity index (χ1n) is 8.39. The van der Waals surface area contributed by atoms with Crippen molar-refractivity contribution >= 4 is 34.0 Å². The van der Waals surface area contributed by atoms with E-state index in [1.807, 2.05) is 60.0 Å². The molecule has 0 unspecified atom stereocenters. The Morgan fingerprint density at radius 1 is 0.963 bits per heavy atom. The van der Waals surface area contributed by atoms with E-state index < -0.39 is 0 Å². The van der Waals surface area contributed by atoms with E-state index in [0.29, 0.717) is 17.6 Å². The molecular formula is C19H19N7O. The molecule has 0 atom stereocenters. The van der Waals surface area contributed by atoms with Crippen LogP contribution in [0.25, 0.3) is 17.0 Å². The van der Waals surface area contributed by atoms with Gasteiger partial charge in [-0.1, -0.05) is 12.1 Å². The van der Waals surface area contributed by atoms with E-state index in [-0.39, 0.29) is 0 Å².